The number of aldehydes is 1. The highest BCUT2D eigenvalue weighted by Gasteiger charge is 2.68. The van der Waals surface area contributed by atoms with E-state index in [1.165, 1.54) is 6.29 Å². The molecule has 0 aromatic heterocycles. The van der Waals surface area contributed by atoms with Gasteiger partial charge in [-0.1, -0.05) is 13.8 Å². The molecule has 0 aromatic rings. The number of carbonyl (C=O) groups is 1. The second-order valence-electron chi connectivity index (χ2n) is 9.62. The van der Waals surface area contributed by atoms with Crippen molar-refractivity contribution in [1.29, 1.82) is 0 Å². The fourth-order valence-electron chi connectivity index (χ4n) is 7.43. The van der Waals surface area contributed by atoms with Gasteiger partial charge in [0.1, 0.15) is 6.29 Å². The summed E-state index contributed by atoms with van der Waals surface area (Å²) < 4.78 is 17.6. The summed E-state index contributed by atoms with van der Waals surface area (Å²) in [5, 5.41) is 10.4. The maximum Gasteiger partial charge on any atom is 0.179 e. The molecule has 0 aromatic carbocycles. The van der Waals surface area contributed by atoms with E-state index in [-0.39, 0.29) is 28.8 Å². The molecule has 2 aliphatic heterocycles. The van der Waals surface area contributed by atoms with Crippen LogP contribution in [0.3, 0.4) is 0 Å². The Morgan fingerprint density at radius 1 is 1.00 bits per heavy atom. The molecule has 1 unspecified atom stereocenters. The Bertz CT molecular complexity index is 574. The summed E-state index contributed by atoms with van der Waals surface area (Å²) in [6.45, 7) is 4.96. The zero-order valence-electron chi connectivity index (χ0n) is 15.3. The van der Waals surface area contributed by atoms with Gasteiger partial charge in [0.15, 0.2) is 18.9 Å². The summed E-state index contributed by atoms with van der Waals surface area (Å²) in [6, 6.07) is 0. The second kappa shape index (κ2) is 5.28. The lowest BCUT2D eigenvalue weighted by molar-refractivity contribution is -0.436. The molecule has 5 rings (SSSR count). The first-order valence-electron chi connectivity index (χ1n) is 10.0. The van der Waals surface area contributed by atoms with Crippen LogP contribution in [0.15, 0.2) is 0 Å². The lowest BCUT2D eigenvalue weighted by atomic mass is 9.49. The molecule has 3 aliphatic carbocycles. The molecule has 140 valence electrons. The normalized spacial score (nSPS) is 56.4. The number of hydrogen-bond donors (Lipinski definition) is 1. The molecule has 2 bridgehead atoms. The lowest BCUT2D eigenvalue weighted by Crippen LogP contribution is -2.60. The van der Waals surface area contributed by atoms with Gasteiger partial charge < -0.3 is 24.1 Å². The van der Waals surface area contributed by atoms with Crippen LogP contribution >= 0.6 is 0 Å². The fourth-order valence-corrected chi connectivity index (χ4v) is 7.43. The average Bonchev–Trinajstić information content (AvgIpc) is 3.05. The third-order valence-corrected chi connectivity index (χ3v) is 9.01. The SMILES string of the molecule is C[C@]1([C@H]2CC[C@@]3(C)[C@@H](CCC34OCO4)[C@@H]2C=O)CC[C@H]2C[C@@H]1C(O)O2. The van der Waals surface area contributed by atoms with Crippen molar-refractivity contribution in [2.45, 2.75) is 77.0 Å². The van der Waals surface area contributed by atoms with E-state index in [0.29, 0.717) is 18.6 Å². The predicted molar refractivity (Wildman–Crippen MR) is 89.2 cm³/mol. The van der Waals surface area contributed by atoms with E-state index in [9.17, 15) is 9.90 Å². The molecule has 2 heterocycles. The monoisotopic (exact) mass is 350 g/mol. The van der Waals surface area contributed by atoms with Crippen LogP contribution < -0.4 is 0 Å². The number of rotatable bonds is 2. The standard InChI is InChI=1S/C20H30O5/c1-18(6-3-12-9-16(18)17(22)25-12)14-4-7-19(2)15(13(14)10-21)5-8-20(19)23-11-24-20/h10,12-17,22H,3-9,11H2,1-2H3/t12-,13+,14-,15-,16+,17?,18+,19-/m0/s1. The van der Waals surface area contributed by atoms with E-state index in [0.717, 1.165) is 44.9 Å². The third kappa shape index (κ3) is 1.96. The molecule has 8 atom stereocenters. The van der Waals surface area contributed by atoms with Gasteiger partial charge in [0.25, 0.3) is 0 Å². The molecule has 5 nitrogen and oxygen atoms in total. The number of aliphatic hydroxyl groups excluding tert-OH is 1. The number of fused-ring (bicyclic) bond motifs is 4. The minimum absolute atomic E-state index is 0.0175. The topological polar surface area (TPSA) is 65.0 Å². The minimum Gasteiger partial charge on any atom is -0.368 e. The maximum absolute atomic E-state index is 12.3. The molecule has 3 saturated carbocycles. The van der Waals surface area contributed by atoms with Crippen LogP contribution in [0.5, 0.6) is 0 Å². The van der Waals surface area contributed by atoms with Crippen molar-refractivity contribution in [3.63, 3.8) is 0 Å². The summed E-state index contributed by atoms with van der Waals surface area (Å²) in [7, 11) is 0. The summed E-state index contributed by atoms with van der Waals surface area (Å²) >= 11 is 0. The number of aliphatic hydroxyl groups is 1. The summed E-state index contributed by atoms with van der Waals surface area (Å²) in [6.07, 6.45) is 7.71. The molecular formula is C20H30O5. The van der Waals surface area contributed by atoms with E-state index in [4.69, 9.17) is 14.2 Å². The Morgan fingerprint density at radius 2 is 1.76 bits per heavy atom. The van der Waals surface area contributed by atoms with E-state index >= 15 is 0 Å². The number of ether oxygens (including phenoxy) is 3. The zero-order valence-corrected chi connectivity index (χ0v) is 15.3. The highest BCUT2D eigenvalue weighted by Crippen LogP contribution is 2.67. The highest BCUT2D eigenvalue weighted by molar-refractivity contribution is 5.56. The van der Waals surface area contributed by atoms with Gasteiger partial charge in [0, 0.05) is 23.7 Å². The van der Waals surface area contributed by atoms with Gasteiger partial charge in [-0.15, -0.1) is 0 Å². The van der Waals surface area contributed by atoms with Crippen LogP contribution in [-0.2, 0) is 19.0 Å². The van der Waals surface area contributed by atoms with Crippen molar-refractivity contribution in [2.24, 2.45) is 34.5 Å². The third-order valence-electron chi connectivity index (χ3n) is 9.01. The van der Waals surface area contributed by atoms with Crippen molar-refractivity contribution in [3.8, 4) is 0 Å². The van der Waals surface area contributed by atoms with Crippen molar-refractivity contribution >= 4 is 6.29 Å². The van der Waals surface area contributed by atoms with Crippen LogP contribution in [0.25, 0.3) is 0 Å². The number of carbonyl (C=O) groups excluding carboxylic acids is 1. The Balaban J connectivity index is 1.47. The minimum atomic E-state index is -0.661. The molecular weight excluding hydrogens is 320 g/mol. The van der Waals surface area contributed by atoms with E-state index < -0.39 is 12.1 Å². The van der Waals surface area contributed by atoms with Crippen LogP contribution in [0, 0.1) is 34.5 Å². The van der Waals surface area contributed by atoms with Crippen LogP contribution in [0.1, 0.15) is 58.8 Å². The molecule has 1 spiro atoms. The smallest absolute Gasteiger partial charge is 0.179 e. The van der Waals surface area contributed by atoms with E-state index in [2.05, 4.69) is 13.8 Å². The summed E-state index contributed by atoms with van der Waals surface area (Å²) in [4.78, 5) is 12.3. The van der Waals surface area contributed by atoms with E-state index in [1.54, 1.807) is 0 Å². The van der Waals surface area contributed by atoms with Gasteiger partial charge in [-0.05, 0) is 55.8 Å². The van der Waals surface area contributed by atoms with Crippen LogP contribution in [0.2, 0.25) is 0 Å². The molecule has 5 fully saturated rings. The Labute approximate surface area is 149 Å². The molecule has 0 radical (unpaired) electrons. The first-order valence-corrected chi connectivity index (χ1v) is 10.0. The average molecular weight is 350 g/mol. The van der Waals surface area contributed by atoms with Crippen LogP contribution in [0.4, 0.5) is 0 Å². The van der Waals surface area contributed by atoms with E-state index in [1.807, 2.05) is 0 Å². The van der Waals surface area contributed by atoms with Crippen molar-refractivity contribution in [3.05, 3.63) is 0 Å². The van der Waals surface area contributed by atoms with Gasteiger partial charge in [-0.25, -0.2) is 0 Å². The molecule has 0 amide bonds. The maximum atomic E-state index is 12.3. The predicted octanol–water partition coefficient (Wildman–Crippen LogP) is 2.85. The van der Waals surface area contributed by atoms with Crippen LogP contribution in [-0.4, -0.2) is 36.4 Å². The largest absolute Gasteiger partial charge is 0.368 e. The Hall–Kier alpha value is -0.490. The van der Waals surface area contributed by atoms with Gasteiger partial charge in [0.05, 0.1) is 6.10 Å². The first kappa shape index (κ1) is 16.7. The molecule has 2 saturated heterocycles. The number of hydrogen-bond acceptors (Lipinski definition) is 5. The Kier molecular flexibility index (Phi) is 3.52. The fraction of sp³-hybridized carbons (Fsp3) is 0.950. The quantitative estimate of drug-likeness (QED) is 0.776. The molecule has 25 heavy (non-hydrogen) atoms. The molecule has 5 aliphatic rings. The van der Waals surface area contributed by atoms with Crippen molar-refractivity contribution < 1.29 is 24.1 Å². The highest BCUT2D eigenvalue weighted by atomic mass is 16.9. The molecule has 5 heteroatoms. The summed E-state index contributed by atoms with van der Waals surface area (Å²) in [5.41, 5.74) is -0.0813. The summed E-state index contributed by atoms with van der Waals surface area (Å²) in [5.74, 6) is 0.381. The van der Waals surface area contributed by atoms with Gasteiger partial charge in [-0.3, -0.25) is 0 Å². The Morgan fingerprint density at radius 3 is 2.44 bits per heavy atom. The van der Waals surface area contributed by atoms with Gasteiger partial charge in [-0.2, -0.15) is 0 Å². The van der Waals surface area contributed by atoms with Crippen molar-refractivity contribution in [1.82, 2.24) is 0 Å². The van der Waals surface area contributed by atoms with Gasteiger partial charge in [0.2, 0.25) is 0 Å². The lowest BCUT2D eigenvalue weighted by Gasteiger charge is -2.58. The van der Waals surface area contributed by atoms with Crippen molar-refractivity contribution in [2.75, 3.05) is 6.79 Å². The first-order chi connectivity index (χ1) is 11.9. The van der Waals surface area contributed by atoms with Gasteiger partial charge >= 0.3 is 0 Å². The molecule has 1 N–H and O–H groups in total. The zero-order chi connectivity index (χ0) is 17.4. The second-order valence-corrected chi connectivity index (χ2v) is 9.62.